The quantitative estimate of drug-likeness (QED) is 0.401. The summed E-state index contributed by atoms with van der Waals surface area (Å²) in [6.45, 7) is 2.40. The number of benzene rings is 2. The topological polar surface area (TPSA) is 68.9 Å². The third-order valence-electron chi connectivity index (χ3n) is 3.05. The lowest BCUT2D eigenvalue weighted by Crippen LogP contribution is -2.23. The minimum absolute atomic E-state index is 0.0742. The molecule has 0 amide bonds. The number of halogens is 2. The van der Waals surface area contributed by atoms with E-state index in [1.165, 1.54) is 6.07 Å². The van der Waals surface area contributed by atoms with Gasteiger partial charge >= 0.3 is 0 Å². The average Bonchev–Trinajstić information content (AvgIpc) is 2.55. The van der Waals surface area contributed by atoms with Gasteiger partial charge in [-0.1, -0.05) is 18.2 Å². The lowest BCUT2D eigenvalue weighted by atomic mass is 10.2. The Morgan fingerprint density at radius 1 is 1.36 bits per heavy atom. The van der Waals surface area contributed by atoms with Crippen LogP contribution in [0.15, 0.2) is 46.0 Å². The van der Waals surface area contributed by atoms with Gasteiger partial charge in [0, 0.05) is 5.56 Å². The van der Waals surface area contributed by atoms with E-state index in [0.717, 1.165) is 5.56 Å². The zero-order chi connectivity index (χ0) is 18.2. The summed E-state index contributed by atoms with van der Waals surface area (Å²) in [5.41, 5.74) is 9.01. The summed E-state index contributed by atoms with van der Waals surface area (Å²) in [5, 5.41) is 3.98. The van der Waals surface area contributed by atoms with E-state index in [2.05, 4.69) is 38.7 Å². The molecule has 0 heterocycles. The molecule has 0 aliphatic heterocycles. The van der Waals surface area contributed by atoms with E-state index in [-0.39, 0.29) is 17.5 Å². The molecule has 0 radical (unpaired) electrons. The van der Waals surface area contributed by atoms with Gasteiger partial charge in [0.2, 0.25) is 0 Å². The van der Waals surface area contributed by atoms with E-state index in [4.69, 9.17) is 15.2 Å². The van der Waals surface area contributed by atoms with Crippen molar-refractivity contribution in [1.29, 1.82) is 0 Å². The SMILES string of the molecule is CCOc1cc(/C=N\NC(N)=S)cc(Br)c1OCc1ccccc1F. The minimum atomic E-state index is -0.316. The van der Waals surface area contributed by atoms with E-state index in [9.17, 15) is 4.39 Å². The number of hydrazone groups is 1. The van der Waals surface area contributed by atoms with Gasteiger partial charge in [0.05, 0.1) is 17.3 Å². The first-order chi connectivity index (χ1) is 12.0. The molecular weight excluding hydrogens is 409 g/mol. The lowest BCUT2D eigenvalue weighted by Gasteiger charge is -2.15. The zero-order valence-electron chi connectivity index (χ0n) is 13.5. The van der Waals surface area contributed by atoms with Crippen LogP contribution in [0.1, 0.15) is 18.1 Å². The summed E-state index contributed by atoms with van der Waals surface area (Å²) in [5.74, 6) is 0.693. The Hall–Kier alpha value is -2.19. The molecule has 2 rings (SSSR count). The summed E-state index contributed by atoms with van der Waals surface area (Å²) in [4.78, 5) is 0. The number of ether oxygens (including phenoxy) is 2. The van der Waals surface area contributed by atoms with Crippen LogP contribution in [0.2, 0.25) is 0 Å². The first-order valence-electron chi connectivity index (χ1n) is 7.42. The molecule has 0 saturated carbocycles. The molecule has 2 aromatic carbocycles. The van der Waals surface area contributed by atoms with Crippen LogP contribution < -0.4 is 20.6 Å². The van der Waals surface area contributed by atoms with E-state index >= 15 is 0 Å². The van der Waals surface area contributed by atoms with Crippen LogP contribution in [0.3, 0.4) is 0 Å². The highest BCUT2D eigenvalue weighted by atomic mass is 79.9. The molecular formula is C17H17BrFN3O2S. The third-order valence-corrected chi connectivity index (χ3v) is 3.73. The predicted octanol–water partition coefficient (Wildman–Crippen LogP) is 3.73. The Bertz CT molecular complexity index is 786. The first-order valence-corrected chi connectivity index (χ1v) is 8.62. The molecule has 0 aliphatic rings. The van der Waals surface area contributed by atoms with Gasteiger partial charge in [-0.05, 0) is 58.8 Å². The van der Waals surface area contributed by atoms with Gasteiger partial charge in [-0.3, -0.25) is 5.43 Å². The molecule has 25 heavy (non-hydrogen) atoms. The molecule has 0 spiro atoms. The Labute approximate surface area is 159 Å². The van der Waals surface area contributed by atoms with Crippen LogP contribution in [0.25, 0.3) is 0 Å². The fraction of sp³-hybridized carbons (Fsp3) is 0.176. The molecule has 0 aromatic heterocycles. The van der Waals surface area contributed by atoms with Gasteiger partial charge in [-0.15, -0.1) is 0 Å². The predicted molar refractivity (Wildman–Crippen MR) is 104 cm³/mol. The maximum absolute atomic E-state index is 13.7. The van der Waals surface area contributed by atoms with E-state index in [0.29, 0.717) is 28.1 Å². The molecule has 3 N–H and O–H groups in total. The normalized spacial score (nSPS) is 10.7. The highest BCUT2D eigenvalue weighted by molar-refractivity contribution is 9.10. The van der Waals surface area contributed by atoms with Crippen LogP contribution in [0.4, 0.5) is 4.39 Å². The molecule has 0 fully saturated rings. The number of rotatable bonds is 7. The van der Waals surface area contributed by atoms with Crippen molar-refractivity contribution >= 4 is 39.5 Å². The van der Waals surface area contributed by atoms with Gasteiger partial charge < -0.3 is 15.2 Å². The molecule has 0 saturated heterocycles. The number of nitrogens with two attached hydrogens (primary N) is 1. The van der Waals surface area contributed by atoms with E-state index in [1.54, 1.807) is 36.5 Å². The van der Waals surface area contributed by atoms with Crippen LogP contribution >= 0.6 is 28.1 Å². The second kappa shape index (κ2) is 9.33. The summed E-state index contributed by atoms with van der Waals surface area (Å²) in [6, 6.07) is 10.0. The number of hydrogen-bond acceptors (Lipinski definition) is 4. The van der Waals surface area contributed by atoms with Crippen molar-refractivity contribution in [2.75, 3.05) is 6.61 Å². The summed E-state index contributed by atoms with van der Waals surface area (Å²) in [7, 11) is 0. The Morgan fingerprint density at radius 2 is 2.12 bits per heavy atom. The van der Waals surface area contributed by atoms with Crippen LogP contribution in [0.5, 0.6) is 11.5 Å². The van der Waals surface area contributed by atoms with E-state index < -0.39 is 0 Å². The van der Waals surface area contributed by atoms with E-state index in [1.807, 2.05) is 6.92 Å². The van der Waals surface area contributed by atoms with Gasteiger partial charge in [-0.2, -0.15) is 5.10 Å². The smallest absolute Gasteiger partial charge is 0.184 e. The lowest BCUT2D eigenvalue weighted by molar-refractivity contribution is 0.264. The summed E-state index contributed by atoms with van der Waals surface area (Å²) in [6.07, 6.45) is 1.55. The average molecular weight is 426 g/mol. The highest BCUT2D eigenvalue weighted by Gasteiger charge is 2.13. The largest absolute Gasteiger partial charge is 0.490 e. The molecule has 8 heteroatoms. The number of nitrogens with one attached hydrogen (secondary N) is 1. The Balaban J connectivity index is 2.23. The standard InChI is InChI=1S/C17H17BrFN3O2S/c1-2-23-15-8-11(9-21-22-17(20)25)7-13(18)16(15)24-10-12-5-3-4-6-14(12)19/h3-9H,2,10H2,1H3,(H3,20,22,25)/b21-9-. The number of nitrogens with zero attached hydrogens (tertiary/aromatic N) is 1. The molecule has 0 atom stereocenters. The maximum atomic E-state index is 13.7. The Kier molecular flexibility index (Phi) is 7.15. The fourth-order valence-corrected chi connectivity index (χ4v) is 2.63. The van der Waals surface area contributed by atoms with Gasteiger partial charge in [0.25, 0.3) is 0 Å². The van der Waals surface area contributed by atoms with Crippen molar-refractivity contribution < 1.29 is 13.9 Å². The number of thiocarbonyl (C=S) groups is 1. The maximum Gasteiger partial charge on any atom is 0.184 e. The van der Waals surface area contributed by atoms with Gasteiger partial charge in [-0.25, -0.2) is 4.39 Å². The van der Waals surface area contributed by atoms with Crippen LogP contribution in [-0.4, -0.2) is 17.9 Å². The molecule has 2 aromatic rings. The second-order valence-electron chi connectivity index (χ2n) is 4.88. The van der Waals surface area contributed by atoms with Gasteiger partial charge in [0.1, 0.15) is 12.4 Å². The molecule has 0 bridgehead atoms. The van der Waals surface area contributed by atoms with Crippen molar-refractivity contribution in [2.24, 2.45) is 10.8 Å². The van der Waals surface area contributed by atoms with Gasteiger partial charge in [0.15, 0.2) is 16.6 Å². The van der Waals surface area contributed by atoms with Crippen molar-refractivity contribution in [3.05, 3.63) is 57.8 Å². The summed E-state index contributed by atoms with van der Waals surface area (Å²) >= 11 is 8.13. The highest BCUT2D eigenvalue weighted by Crippen LogP contribution is 2.37. The van der Waals surface area contributed by atoms with Crippen molar-refractivity contribution in [3.63, 3.8) is 0 Å². The first kappa shape index (κ1) is 19.1. The third kappa shape index (κ3) is 5.68. The summed E-state index contributed by atoms with van der Waals surface area (Å²) < 4.78 is 25.8. The monoisotopic (exact) mass is 425 g/mol. The second-order valence-corrected chi connectivity index (χ2v) is 6.17. The minimum Gasteiger partial charge on any atom is -0.490 e. The molecule has 5 nitrogen and oxygen atoms in total. The van der Waals surface area contributed by atoms with Crippen molar-refractivity contribution in [3.8, 4) is 11.5 Å². The zero-order valence-corrected chi connectivity index (χ0v) is 15.9. The van der Waals surface area contributed by atoms with Crippen LogP contribution in [-0.2, 0) is 6.61 Å². The number of hydrogen-bond donors (Lipinski definition) is 2. The Morgan fingerprint density at radius 3 is 2.80 bits per heavy atom. The molecule has 0 unspecified atom stereocenters. The molecule has 132 valence electrons. The fourth-order valence-electron chi connectivity index (χ4n) is 2.00. The van der Waals surface area contributed by atoms with Crippen LogP contribution in [0, 0.1) is 5.82 Å². The van der Waals surface area contributed by atoms with Crippen molar-refractivity contribution in [2.45, 2.75) is 13.5 Å². The van der Waals surface area contributed by atoms with Crippen molar-refractivity contribution in [1.82, 2.24) is 5.43 Å². The molecule has 0 aliphatic carbocycles.